The maximum atomic E-state index is 12.1. The third-order valence-electron chi connectivity index (χ3n) is 3.94. The second kappa shape index (κ2) is 8.36. The van der Waals surface area contributed by atoms with E-state index in [0.717, 1.165) is 18.8 Å². The molecular formula is C16H25N5O2. The number of anilines is 1. The summed E-state index contributed by atoms with van der Waals surface area (Å²) in [5, 5.41) is 2.89. The molecule has 7 heteroatoms. The van der Waals surface area contributed by atoms with Gasteiger partial charge < -0.3 is 20.0 Å². The summed E-state index contributed by atoms with van der Waals surface area (Å²) in [6.45, 7) is 3.56. The molecule has 1 N–H and O–H groups in total. The highest BCUT2D eigenvalue weighted by molar-refractivity contribution is 5.76. The molecule has 3 amide bonds. The minimum atomic E-state index is -0.0447. The highest BCUT2D eigenvalue weighted by Gasteiger charge is 2.20. The van der Waals surface area contributed by atoms with Gasteiger partial charge in [-0.15, -0.1) is 0 Å². The number of nitrogens with zero attached hydrogens (tertiary/aromatic N) is 4. The summed E-state index contributed by atoms with van der Waals surface area (Å²) in [5.41, 5.74) is 1.14. The van der Waals surface area contributed by atoms with Gasteiger partial charge in [0.2, 0.25) is 5.91 Å². The summed E-state index contributed by atoms with van der Waals surface area (Å²) in [6, 6.07) is 3.92. The van der Waals surface area contributed by atoms with E-state index >= 15 is 0 Å². The third-order valence-corrected chi connectivity index (χ3v) is 3.94. The van der Waals surface area contributed by atoms with Gasteiger partial charge in [-0.1, -0.05) is 0 Å². The summed E-state index contributed by atoms with van der Waals surface area (Å²) in [7, 11) is 3.48. The number of hydrogen-bond acceptors (Lipinski definition) is 4. The van der Waals surface area contributed by atoms with E-state index in [1.54, 1.807) is 31.4 Å². The first kappa shape index (κ1) is 17.1. The van der Waals surface area contributed by atoms with Gasteiger partial charge in [-0.05, 0) is 18.6 Å². The molecule has 0 bridgehead atoms. The highest BCUT2D eigenvalue weighted by atomic mass is 16.2. The van der Waals surface area contributed by atoms with Crippen LogP contribution in [0.15, 0.2) is 24.5 Å². The number of nitrogens with one attached hydrogen (secondary N) is 1. The van der Waals surface area contributed by atoms with E-state index in [9.17, 15) is 9.59 Å². The molecule has 0 aromatic carbocycles. The molecule has 1 fully saturated rings. The van der Waals surface area contributed by atoms with Crippen LogP contribution in [0.5, 0.6) is 0 Å². The largest absolute Gasteiger partial charge is 0.368 e. The number of pyridine rings is 1. The van der Waals surface area contributed by atoms with Crippen molar-refractivity contribution in [2.75, 3.05) is 51.7 Å². The zero-order chi connectivity index (χ0) is 16.7. The molecule has 1 aromatic heterocycles. The first-order valence-electron chi connectivity index (χ1n) is 7.96. The van der Waals surface area contributed by atoms with E-state index in [4.69, 9.17) is 0 Å². The van der Waals surface area contributed by atoms with Crippen molar-refractivity contribution in [2.45, 2.75) is 12.8 Å². The molecule has 2 heterocycles. The van der Waals surface area contributed by atoms with Gasteiger partial charge in [-0.2, -0.15) is 0 Å². The predicted molar refractivity (Wildman–Crippen MR) is 89.3 cm³/mol. The number of hydrogen-bond donors (Lipinski definition) is 1. The Labute approximate surface area is 137 Å². The molecular weight excluding hydrogens is 294 g/mol. The third kappa shape index (κ3) is 5.12. The molecule has 7 nitrogen and oxygen atoms in total. The van der Waals surface area contributed by atoms with E-state index in [2.05, 4.69) is 15.2 Å². The van der Waals surface area contributed by atoms with Gasteiger partial charge in [-0.3, -0.25) is 9.78 Å². The summed E-state index contributed by atoms with van der Waals surface area (Å²) in [5.74, 6) is 0.0882. The van der Waals surface area contributed by atoms with E-state index in [1.807, 2.05) is 17.0 Å². The Hall–Kier alpha value is -2.31. The summed E-state index contributed by atoms with van der Waals surface area (Å²) >= 11 is 0. The Bertz CT molecular complexity index is 512. The fourth-order valence-corrected chi connectivity index (χ4v) is 2.49. The van der Waals surface area contributed by atoms with Gasteiger partial charge in [0.25, 0.3) is 0 Å². The standard InChI is InChI=1S/C16H25N5O2/c1-19(2)15(22)4-3-7-18-16(23)21-12-10-20(11-13-21)14-5-8-17-9-6-14/h5-6,8-9H,3-4,7,10-13H2,1-2H3,(H,18,23). The number of carbonyl (C=O) groups is 2. The molecule has 0 spiro atoms. The Morgan fingerprint density at radius 2 is 1.83 bits per heavy atom. The van der Waals surface area contributed by atoms with Crippen molar-refractivity contribution in [1.29, 1.82) is 0 Å². The van der Waals surface area contributed by atoms with Crippen LogP contribution in [0.1, 0.15) is 12.8 Å². The number of urea groups is 1. The molecule has 0 radical (unpaired) electrons. The van der Waals surface area contributed by atoms with E-state index in [-0.39, 0.29) is 11.9 Å². The molecule has 1 saturated heterocycles. The second-order valence-electron chi connectivity index (χ2n) is 5.80. The Morgan fingerprint density at radius 1 is 1.17 bits per heavy atom. The average molecular weight is 319 g/mol. The molecule has 23 heavy (non-hydrogen) atoms. The Morgan fingerprint density at radius 3 is 2.43 bits per heavy atom. The fraction of sp³-hybridized carbons (Fsp3) is 0.562. The maximum Gasteiger partial charge on any atom is 0.317 e. The molecule has 2 rings (SSSR count). The molecule has 0 aliphatic carbocycles. The first-order chi connectivity index (χ1) is 11.1. The van der Waals surface area contributed by atoms with E-state index in [1.165, 1.54) is 0 Å². The van der Waals surface area contributed by atoms with Crippen molar-refractivity contribution in [3.8, 4) is 0 Å². The molecule has 1 aliphatic rings. The maximum absolute atomic E-state index is 12.1. The van der Waals surface area contributed by atoms with Crippen LogP contribution in [0.3, 0.4) is 0 Å². The summed E-state index contributed by atoms with van der Waals surface area (Å²) in [4.78, 5) is 33.2. The number of aromatic nitrogens is 1. The lowest BCUT2D eigenvalue weighted by atomic mass is 10.2. The van der Waals surface area contributed by atoms with Gasteiger partial charge >= 0.3 is 6.03 Å². The molecule has 1 aliphatic heterocycles. The topological polar surface area (TPSA) is 68.8 Å². The fourth-order valence-electron chi connectivity index (χ4n) is 2.49. The SMILES string of the molecule is CN(C)C(=O)CCCNC(=O)N1CCN(c2ccncc2)CC1. The van der Waals surface area contributed by atoms with Crippen LogP contribution in [0.2, 0.25) is 0 Å². The van der Waals surface area contributed by atoms with Crippen molar-refractivity contribution >= 4 is 17.6 Å². The highest BCUT2D eigenvalue weighted by Crippen LogP contribution is 2.14. The lowest BCUT2D eigenvalue weighted by Gasteiger charge is -2.36. The minimum Gasteiger partial charge on any atom is -0.368 e. The molecule has 0 atom stereocenters. The quantitative estimate of drug-likeness (QED) is 0.815. The zero-order valence-corrected chi connectivity index (χ0v) is 13.9. The van der Waals surface area contributed by atoms with E-state index in [0.29, 0.717) is 32.5 Å². The smallest absolute Gasteiger partial charge is 0.317 e. The van der Waals surface area contributed by atoms with Crippen molar-refractivity contribution in [3.63, 3.8) is 0 Å². The molecule has 0 unspecified atom stereocenters. The summed E-state index contributed by atoms with van der Waals surface area (Å²) < 4.78 is 0. The zero-order valence-electron chi connectivity index (χ0n) is 13.9. The van der Waals surface area contributed by atoms with Crippen LogP contribution in [-0.2, 0) is 4.79 Å². The Balaban J connectivity index is 1.67. The number of amides is 3. The van der Waals surface area contributed by atoms with Crippen LogP contribution in [-0.4, -0.2) is 73.5 Å². The number of rotatable bonds is 5. The lowest BCUT2D eigenvalue weighted by Crippen LogP contribution is -2.52. The minimum absolute atomic E-state index is 0.0447. The normalized spacial score (nSPS) is 14.5. The van der Waals surface area contributed by atoms with Crippen LogP contribution < -0.4 is 10.2 Å². The van der Waals surface area contributed by atoms with Crippen LogP contribution in [0.4, 0.5) is 10.5 Å². The van der Waals surface area contributed by atoms with Crippen molar-refractivity contribution in [3.05, 3.63) is 24.5 Å². The van der Waals surface area contributed by atoms with Crippen molar-refractivity contribution in [1.82, 2.24) is 20.1 Å². The first-order valence-corrected chi connectivity index (χ1v) is 7.96. The van der Waals surface area contributed by atoms with Crippen molar-refractivity contribution in [2.24, 2.45) is 0 Å². The van der Waals surface area contributed by atoms with Gasteiger partial charge in [0.05, 0.1) is 0 Å². The van der Waals surface area contributed by atoms with Crippen LogP contribution >= 0.6 is 0 Å². The molecule has 1 aromatic rings. The molecule has 126 valence electrons. The predicted octanol–water partition coefficient (Wildman–Crippen LogP) is 0.782. The lowest BCUT2D eigenvalue weighted by molar-refractivity contribution is -0.128. The number of carbonyl (C=O) groups excluding carboxylic acids is 2. The monoisotopic (exact) mass is 319 g/mol. The van der Waals surface area contributed by atoms with Crippen LogP contribution in [0, 0.1) is 0 Å². The average Bonchev–Trinajstić information content (AvgIpc) is 2.59. The van der Waals surface area contributed by atoms with Gasteiger partial charge in [-0.25, -0.2) is 4.79 Å². The van der Waals surface area contributed by atoms with E-state index < -0.39 is 0 Å². The van der Waals surface area contributed by atoms with Gasteiger partial charge in [0.15, 0.2) is 0 Å². The molecule has 0 saturated carbocycles. The number of piperazine rings is 1. The van der Waals surface area contributed by atoms with Gasteiger partial charge in [0.1, 0.15) is 0 Å². The van der Waals surface area contributed by atoms with Crippen molar-refractivity contribution < 1.29 is 9.59 Å². The second-order valence-corrected chi connectivity index (χ2v) is 5.80. The Kier molecular flexibility index (Phi) is 6.19. The van der Waals surface area contributed by atoms with Gasteiger partial charge in [0, 0.05) is 71.3 Å². The summed E-state index contributed by atoms with van der Waals surface area (Å²) in [6.07, 6.45) is 4.69. The van der Waals surface area contributed by atoms with Crippen LogP contribution in [0.25, 0.3) is 0 Å².